The molecule has 1 aliphatic heterocycles. The average molecular weight is 266 g/mol. The van der Waals surface area contributed by atoms with E-state index in [-0.39, 0.29) is 11.8 Å². The van der Waals surface area contributed by atoms with E-state index in [2.05, 4.69) is 9.97 Å². The van der Waals surface area contributed by atoms with E-state index in [9.17, 15) is 4.79 Å². The maximum Gasteiger partial charge on any atom is 0.231 e. The quantitative estimate of drug-likeness (QED) is 0.837. The van der Waals surface area contributed by atoms with Crippen molar-refractivity contribution >= 4 is 11.9 Å². The molecule has 0 spiro atoms. The van der Waals surface area contributed by atoms with Gasteiger partial charge in [-0.3, -0.25) is 4.79 Å². The molecule has 1 aliphatic rings. The lowest BCUT2D eigenvalue weighted by Crippen LogP contribution is -2.39. The minimum absolute atomic E-state index is 0.0521. The first-order valence-electron chi connectivity index (χ1n) is 6.15. The van der Waals surface area contributed by atoms with Gasteiger partial charge in [-0.1, -0.05) is 0 Å². The molecule has 0 saturated carbocycles. The van der Waals surface area contributed by atoms with Crippen LogP contribution >= 0.6 is 0 Å². The number of methoxy groups -OCH3 is 2. The molecule has 0 atom stereocenters. The van der Waals surface area contributed by atoms with Crippen molar-refractivity contribution in [2.75, 3.05) is 32.2 Å². The summed E-state index contributed by atoms with van der Waals surface area (Å²) < 4.78 is 10.2. The van der Waals surface area contributed by atoms with E-state index in [1.165, 1.54) is 0 Å². The van der Waals surface area contributed by atoms with Crippen molar-refractivity contribution in [2.45, 2.75) is 12.8 Å². The van der Waals surface area contributed by atoms with Crippen molar-refractivity contribution in [3.05, 3.63) is 6.07 Å². The number of carbonyl (C=O) groups excluding carboxylic acids is 1. The van der Waals surface area contributed by atoms with E-state index < -0.39 is 0 Å². The van der Waals surface area contributed by atoms with Crippen molar-refractivity contribution in [3.63, 3.8) is 0 Å². The molecule has 0 aromatic carbocycles. The lowest BCUT2D eigenvalue weighted by Gasteiger charge is -2.30. The third kappa shape index (κ3) is 3.04. The van der Waals surface area contributed by atoms with Gasteiger partial charge in [-0.15, -0.1) is 0 Å². The molecule has 1 aromatic rings. The van der Waals surface area contributed by atoms with E-state index in [1.54, 1.807) is 20.3 Å². The third-order valence-electron chi connectivity index (χ3n) is 3.27. The van der Waals surface area contributed by atoms with Crippen molar-refractivity contribution in [3.8, 4) is 11.8 Å². The van der Waals surface area contributed by atoms with Gasteiger partial charge in [0.25, 0.3) is 0 Å². The van der Waals surface area contributed by atoms with Crippen LogP contribution in [0.5, 0.6) is 11.8 Å². The third-order valence-corrected chi connectivity index (χ3v) is 3.27. The van der Waals surface area contributed by atoms with Gasteiger partial charge in [0, 0.05) is 19.0 Å². The molecular formula is C12H18N4O3. The molecule has 1 amide bonds. The Labute approximate surface area is 111 Å². The second kappa shape index (κ2) is 5.73. The van der Waals surface area contributed by atoms with Crippen LogP contribution in [0.25, 0.3) is 0 Å². The molecule has 2 rings (SSSR count). The Morgan fingerprint density at radius 3 is 2.21 bits per heavy atom. The number of hydrogen-bond donors (Lipinski definition) is 1. The molecule has 1 aromatic heterocycles. The lowest BCUT2D eigenvalue weighted by atomic mass is 9.96. The second-order valence-electron chi connectivity index (χ2n) is 4.42. The molecule has 0 bridgehead atoms. The minimum atomic E-state index is -0.233. The fraction of sp³-hybridized carbons (Fsp3) is 0.583. The summed E-state index contributed by atoms with van der Waals surface area (Å²) >= 11 is 0. The molecule has 7 nitrogen and oxygen atoms in total. The lowest BCUT2D eigenvalue weighted by molar-refractivity contribution is -0.122. The van der Waals surface area contributed by atoms with Crippen LogP contribution < -0.4 is 20.1 Å². The highest BCUT2D eigenvalue weighted by Crippen LogP contribution is 2.24. The molecule has 0 aliphatic carbocycles. The SMILES string of the molecule is COc1cc(OC)nc(N2CCC(C(N)=O)CC2)n1. The molecular weight excluding hydrogens is 248 g/mol. The van der Waals surface area contributed by atoms with Crippen LogP contribution in [0.3, 0.4) is 0 Å². The Balaban J connectivity index is 2.12. The van der Waals surface area contributed by atoms with Crippen molar-refractivity contribution in [1.29, 1.82) is 0 Å². The van der Waals surface area contributed by atoms with Gasteiger partial charge in [-0.05, 0) is 12.8 Å². The number of ether oxygens (including phenoxy) is 2. The highest BCUT2D eigenvalue weighted by Gasteiger charge is 2.25. The number of anilines is 1. The van der Waals surface area contributed by atoms with Crippen LogP contribution in [-0.2, 0) is 4.79 Å². The standard InChI is InChI=1S/C12H18N4O3/c1-18-9-7-10(19-2)15-12(14-9)16-5-3-8(4-6-16)11(13)17/h7-8H,3-6H2,1-2H3,(H2,13,17). The largest absolute Gasteiger partial charge is 0.481 e. The summed E-state index contributed by atoms with van der Waals surface area (Å²) in [6, 6.07) is 1.62. The van der Waals surface area contributed by atoms with Crippen LogP contribution in [0.15, 0.2) is 6.07 Å². The Bertz CT molecular complexity index is 436. The van der Waals surface area contributed by atoms with Crippen LogP contribution in [0.1, 0.15) is 12.8 Å². The first kappa shape index (κ1) is 13.4. The number of piperidine rings is 1. The van der Waals surface area contributed by atoms with E-state index >= 15 is 0 Å². The van der Waals surface area contributed by atoms with Gasteiger partial charge in [-0.25, -0.2) is 0 Å². The fourth-order valence-electron chi connectivity index (χ4n) is 2.11. The van der Waals surface area contributed by atoms with Crippen molar-refractivity contribution in [1.82, 2.24) is 9.97 Å². The Hall–Kier alpha value is -2.05. The number of amides is 1. The zero-order valence-electron chi connectivity index (χ0n) is 11.1. The highest BCUT2D eigenvalue weighted by molar-refractivity contribution is 5.76. The average Bonchev–Trinajstić information content (AvgIpc) is 2.46. The van der Waals surface area contributed by atoms with E-state index in [4.69, 9.17) is 15.2 Å². The van der Waals surface area contributed by atoms with Crippen LogP contribution in [0, 0.1) is 5.92 Å². The summed E-state index contributed by atoms with van der Waals surface area (Å²) in [5.74, 6) is 1.18. The van der Waals surface area contributed by atoms with Gasteiger partial charge in [0.15, 0.2) is 0 Å². The van der Waals surface area contributed by atoms with Gasteiger partial charge in [0.1, 0.15) is 0 Å². The number of nitrogens with two attached hydrogens (primary N) is 1. The Morgan fingerprint density at radius 2 is 1.79 bits per heavy atom. The van der Waals surface area contributed by atoms with E-state index in [1.807, 2.05) is 4.90 Å². The number of hydrogen-bond acceptors (Lipinski definition) is 6. The molecule has 1 fully saturated rings. The number of primary amides is 1. The summed E-state index contributed by atoms with van der Waals surface area (Å²) in [6.45, 7) is 1.40. The van der Waals surface area contributed by atoms with E-state index in [0.717, 1.165) is 12.8 Å². The second-order valence-corrected chi connectivity index (χ2v) is 4.42. The van der Waals surface area contributed by atoms with Crippen molar-refractivity contribution < 1.29 is 14.3 Å². The smallest absolute Gasteiger partial charge is 0.231 e. The Morgan fingerprint density at radius 1 is 1.26 bits per heavy atom. The summed E-state index contributed by atoms with van der Waals surface area (Å²) in [7, 11) is 3.09. The predicted molar refractivity (Wildman–Crippen MR) is 69.3 cm³/mol. The highest BCUT2D eigenvalue weighted by atomic mass is 16.5. The number of nitrogens with zero attached hydrogens (tertiary/aromatic N) is 3. The van der Waals surface area contributed by atoms with Gasteiger partial charge >= 0.3 is 0 Å². The molecule has 7 heteroatoms. The normalized spacial score (nSPS) is 16.2. The predicted octanol–water partition coefficient (Wildman–Crippen LogP) is 0.195. The van der Waals surface area contributed by atoms with Crippen LogP contribution in [-0.4, -0.2) is 43.2 Å². The zero-order chi connectivity index (χ0) is 13.8. The zero-order valence-corrected chi connectivity index (χ0v) is 11.1. The summed E-state index contributed by atoms with van der Waals surface area (Å²) in [4.78, 5) is 21.7. The molecule has 0 radical (unpaired) electrons. The van der Waals surface area contributed by atoms with Crippen LogP contribution in [0.2, 0.25) is 0 Å². The molecule has 2 N–H and O–H groups in total. The van der Waals surface area contributed by atoms with Gasteiger partial charge < -0.3 is 20.1 Å². The summed E-state index contributed by atoms with van der Waals surface area (Å²) in [6.07, 6.45) is 1.44. The first-order valence-corrected chi connectivity index (χ1v) is 6.15. The summed E-state index contributed by atoms with van der Waals surface area (Å²) in [5.41, 5.74) is 5.31. The number of aromatic nitrogens is 2. The Kier molecular flexibility index (Phi) is 4.03. The molecule has 19 heavy (non-hydrogen) atoms. The maximum absolute atomic E-state index is 11.1. The van der Waals surface area contributed by atoms with Crippen LogP contribution in [0.4, 0.5) is 5.95 Å². The molecule has 104 valence electrons. The minimum Gasteiger partial charge on any atom is -0.481 e. The topological polar surface area (TPSA) is 90.6 Å². The molecule has 0 unspecified atom stereocenters. The first-order chi connectivity index (χ1) is 9.13. The monoisotopic (exact) mass is 266 g/mol. The van der Waals surface area contributed by atoms with E-state index in [0.29, 0.717) is 30.8 Å². The summed E-state index contributed by atoms with van der Waals surface area (Å²) in [5, 5.41) is 0. The number of carbonyl (C=O) groups is 1. The fourth-order valence-corrected chi connectivity index (χ4v) is 2.11. The van der Waals surface area contributed by atoms with Gasteiger partial charge in [0.05, 0.1) is 20.3 Å². The maximum atomic E-state index is 11.1. The van der Waals surface area contributed by atoms with Gasteiger partial charge in [0.2, 0.25) is 23.6 Å². The van der Waals surface area contributed by atoms with Gasteiger partial charge in [-0.2, -0.15) is 9.97 Å². The number of rotatable bonds is 4. The molecule has 1 saturated heterocycles. The van der Waals surface area contributed by atoms with Crippen molar-refractivity contribution in [2.24, 2.45) is 11.7 Å². The molecule has 2 heterocycles.